The van der Waals surface area contributed by atoms with E-state index in [4.69, 9.17) is 9.26 Å². The van der Waals surface area contributed by atoms with Crippen LogP contribution in [0, 0.1) is 0 Å². The minimum Gasteiger partial charge on any atom is -0.497 e. The number of benzene rings is 1. The molecule has 1 saturated heterocycles. The summed E-state index contributed by atoms with van der Waals surface area (Å²) in [6, 6.07) is 7.38. The third-order valence-electron chi connectivity index (χ3n) is 3.99. The molecule has 0 aliphatic carbocycles. The standard InChI is InChI=1S/C15H19N3O4S/c1-21-13-7-5-11(6-8-13)14-16-15(22-17-14)12-4-3-9-18(10-12)23(2,19)20/h5-8,12H,3-4,9-10H2,1-2H3/t12-/m1/s1. The fourth-order valence-electron chi connectivity index (χ4n) is 2.70. The summed E-state index contributed by atoms with van der Waals surface area (Å²) in [7, 11) is -1.58. The van der Waals surface area contributed by atoms with Crippen LogP contribution in [0.2, 0.25) is 0 Å². The normalized spacial score (nSPS) is 19.7. The molecule has 0 unspecified atom stereocenters. The van der Waals surface area contributed by atoms with Gasteiger partial charge in [0.2, 0.25) is 21.7 Å². The molecule has 23 heavy (non-hydrogen) atoms. The Labute approximate surface area is 135 Å². The molecule has 1 fully saturated rings. The Bertz CT molecular complexity index is 770. The monoisotopic (exact) mass is 337 g/mol. The van der Waals surface area contributed by atoms with E-state index in [0.717, 1.165) is 24.2 Å². The Balaban J connectivity index is 1.78. The minimum atomic E-state index is -3.19. The highest BCUT2D eigenvalue weighted by molar-refractivity contribution is 7.88. The van der Waals surface area contributed by atoms with Crippen LogP contribution in [-0.2, 0) is 10.0 Å². The Morgan fingerprint density at radius 1 is 1.30 bits per heavy atom. The first-order valence-electron chi connectivity index (χ1n) is 7.40. The van der Waals surface area contributed by atoms with Crippen molar-refractivity contribution >= 4 is 10.0 Å². The van der Waals surface area contributed by atoms with Crippen molar-refractivity contribution in [3.63, 3.8) is 0 Å². The third kappa shape index (κ3) is 3.53. The molecule has 3 rings (SSSR count). The number of nitrogens with zero attached hydrogens (tertiary/aromatic N) is 3. The van der Waals surface area contributed by atoms with Gasteiger partial charge in [-0.1, -0.05) is 5.16 Å². The Morgan fingerprint density at radius 2 is 2.04 bits per heavy atom. The molecule has 124 valence electrons. The van der Waals surface area contributed by atoms with Crippen molar-refractivity contribution in [2.45, 2.75) is 18.8 Å². The quantitative estimate of drug-likeness (QED) is 0.847. The van der Waals surface area contributed by atoms with Crippen LogP contribution in [0.1, 0.15) is 24.7 Å². The highest BCUT2D eigenvalue weighted by atomic mass is 32.2. The van der Waals surface area contributed by atoms with Crippen LogP contribution in [0.5, 0.6) is 5.75 Å². The van der Waals surface area contributed by atoms with E-state index in [0.29, 0.717) is 24.8 Å². The van der Waals surface area contributed by atoms with Gasteiger partial charge in [0, 0.05) is 18.7 Å². The SMILES string of the molecule is COc1ccc(-c2noc([C@@H]3CCCN(S(C)(=O)=O)C3)n2)cc1. The molecule has 0 bridgehead atoms. The van der Waals surface area contributed by atoms with Crippen molar-refractivity contribution in [1.82, 2.24) is 14.4 Å². The Morgan fingerprint density at radius 3 is 2.70 bits per heavy atom. The molecule has 0 saturated carbocycles. The second-order valence-corrected chi connectivity index (χ2v) is 7.63. The van der Waals surface area contributed by atoms with Gasteiger partial charge in [-0.05, 0) is 37.1 Å². The van der Waals surface area contributed by atoms with E-state index >= 15 is 0 Å². The summed E-state index contributed by atoms with van der Waals surface area (Å²) >= 11 is 0. The van der Waals surface area contributed by atoms with E-state index < -0.39 is 10.0 Å². The zero-order valence-electron chi connectivity index (χ0n) is 13.1. The van der Waals surface area contributed by atoms with Crippen molar-refractivity contribution < 1.29 is 17.7 Å². The zero-order valence-corrected chi connectivity index (χ0v) is 13.9. The number of ether oxygens (including phenoxy) is 1. The van der Waals surface area contributed by atoms with Crippen LogP contribution >= 0.6 is 0 Å². The molecule has 7 nitrogen and oxygen atoms in total. The van der Waals surface area contributed by atoms with E-state index in [1.807, 2.05) is 24.3 Å². The number of hydrogen-bond acceptors (Lipinski definition) is 6. The Hall–Kier alpha value is -1.93. The maximum atomic E-state index is 11.7. The van der Waals surface area contributed by atoms with Gasteiger partial charge < -0.3 is 9.26 Å². The summed E-state index contributed by atoms with van der Waals surface area (Å²) in [6.45, 7) is 0.942. The number of rotatable bonds is 4. The summed E-state index contributed by atoms with van der Waals surface area (Å²) in [6.07, 6.45) is 2.86. The molecule has 0 spiro atoms. The highest BCUT2D eigenvalue weighted by Gasteiger charge is 2.30. The van der Waals surface area contributed by atoms with Crippen molar-refractivity contribution in [3.8, 4) is 17.1 Å². The van der Waals surface area contributed by atoms with E-state index in [1.165, 1.54) is 10.6 Å². The molecule has 1 aromatic carbocycles. The largest absolute Gasteiger partial charge is 0.497 e. The van der Waals surface area contributed by atoms with Gasteiger partial charge in [-0.25, -0.2) is 12.7 Å². The fourth-order valence-corrected chi connectivity index (χ4v) is 3.62. The third-order valence-corrected chi connectivity index (χ3v) is 5.26. The predicted octanol–water partition coefficient (Wildman–Crippen LogP) is 1.88. The van der Waals surface area contributed by atoms with Gasteiger partial charge in [0.25, 0.3) is 0 Å². The first kappa shape index (κ1) is 15.9. The molecule has 1 atom stereocenters. The lowest BCUT2D eigenvalue weighted by atomic mass is 10.00. The molecule has 0 radical (unpaired) electrons. The van der Waals surface area contributed by atoms with E-state index in [2.05, 4.69) is 10.1 Å². The lowest BCUT2D eigenvalue weighted by molar-refractivity contribution is 0.266. The average Bonchev–Trinajstić information content (AvgIpc) is 3.04. The molecular weight excluding hydrogens is 318 g/mol. The predicted molar refractivity (Wildman–Crippen MR) is 84.7 cm³/mol. The topological polar surface area (TPSA) is 85.5 Å². The summed E-state index contributed by atoms with van der Waals surface area (Å²) in [5.74, 6) is 1.69. The summed E-state index contributed by atoms with van der Waals surface area (Å²) in [5.41, 5.74) is 0.830. The van der Waals surface area contributed by atoms with E-state index in [1.54, 1.807) is 7.11 Å². The average molecular weight is 337 g/mol. The number of methoxy groups -OCH3 is 1. The van der Waals surface area contributed by atoms with Gasteiger partial charge in [0.05, 0.1) is 19.3 Å². The molecule has 1 aromatic heterocycles. The number of piperidine rings is 1. The van der Waals surface area contributed by atoms with Gasteiger partial charge in [-0.2, -0.15) is 4.98 Å². The van der Waals surface area contributed by atoms with Crippen molar-refractivity contribution in [3.05, 3.63) is 30.2 Å². The summed E-state index contributed by atoms with van der Waals surface area (Å²) in [5, 5.41) is 4.01. The van der Waals surface area contributed by atoms with Crippen molar-refractivity contribution in [2.24, 2.45) is 0 Å². The fraction of sp³-hybridized carbons (Fsp3) is 0.467. The van der Waals surface area contributed by atoms with Gasteiger partial charge in [-0.15, -0.1) is 0 Å². The van der Waals surface area contributed by atoms with Crippen LogP contribution in [-0.4, -0.2) is 49.3 Å². The summed E-state index contributed by atoms with van der Waals surface area (Å²) < 4.78 is 35.4. The van der Waals surface area contributed by atoms with E-state index in [9.17, 15) is 8.42 Å². The molecule has 1 aliphatic rings. The lowest BCUT2D eigenvalue weighted by Crippen LogP contribution is -2.38. The van der Waals surface area contributed by atoms with Gasteiger partial charge >= 0.3 is 0 Å². The van der Waals surface area contributed by atoms with Gasteiger partial charge in [-0.3, -0.25) is 0 Å². The molecule has 8 heteroatoms. The van der Waals surface area contributed by atoms with Crippen molar-refractivity contribution in [1.29, 1.82) is 0 Å². The second kappa shape index (κ2) is 6.29. The van der Waals surface area contributed by atoms with Crippen molar-refractivity contribution in [2.75, 3.05) is 26.5 Å². The Kier molecular flexibility index (Phi) is 4.36. The van der Waals surface area contributed by atoms with E-state index in [-0.39, 0.29) is 5.92 Å². The lowest BCUT2D eigenvalue weighted by Gasteiger charge is -2.28. The van der Waals surface area contributed by atoms with Gasteiger partial charge in [0.15, 0.2) is 0 Å². The molecule has 1 aliphatic heterocycles. The van der Waals surface area contributed by atoms with Crippen LogP contribution < -0.4 is 4.74 Å². The molecule has 2 heterocycles. The minimum absolute atomic E-state index is 0.0574. The van der Waals surface area contributed by atoms with Crippen LogP contribution in [0.4, 0.5) is 0 Å². The highest BCUT2D eigenvalue weighted by Crippen LogP contribution is 2.29. The van der Waals surface area contributed by atoms with Crippen LogP contribution in [0.25, 0.3) is 11.4 Å². The zero-order chi connectivity index (χ0) is 16.4. The number of sulfonamides is 1. The molecule has 2 aromatic rings. The molecular formula is C15H19N3O4S. The van der Waals surface area contributed by atoms with Crippen LogP contribution in [0.3, 0.4) is 0 Å². The molecule has 0 N–H and O–H groups in total. The smallest absolute Gasteiger partial charge is 0.231 e. The first-order valence-corrected chi connectivity index (χ1v) is 9.25. The second-order valence-electron chi connectivity index (χ2n) is 5.64. The summed E-state index contributed by atoms with van der Waals surface area (Å²) in [4.78, 5) is 4.44. The van der Waals surface area contributed by atoms with Crippen LogP contribution in [0.15, 0.2) is 28.8 Å². The number of aromatic nitrogens is 2. The maximum Gasteiger partial charge on any atom is 0.231 e. The number of hydrogen-bond donors (Lipinski definition) is 0. The first-order chi connectivity index (χ1) is 11.0. The molecule has 0 amide bonds. The van der Waals surface area contributed by atoms with Gasteiger partial charge in [0.1, 0.15) is 5.75 Å². The maximum absolute atomic E-state index is 11.7.